The van der Waals surface area contributed by atoms with Gasteiger partial charge in [0.05, 0.1) is 26.4 Å². The first-order valence-electron chi connectivity index (χ1n) is 5.05. The van der Waals surface area contributed by atoms with E-state index >= 15 is 0 Å². The van der Waals surface area contributed by atoms with E-state index in [0.29, 0.717) is 0 Å². The molecule has 5 nitrogen and oxygen atoms in total. The fourth-order valence-electron chi connectivity index (χ4n) is 2.49. The minimum atomic E-state index is -0.985. The van der Waals surface area contributed by atoms with Crippen molar-refractivity contribution in [2.75, 3.05) is 14.2 Å². The van der Waals surface area contributed by atoms with Crippen LogP contribution < -0.4 is 0 Å². The molecule has 2 heterocycles. The third-order valence-electron chi connectivity index (χ3n) is 3.43. The summed E-state index contributed by atoms with van der Waals surface area (Å²) >= 11 is 0. The summed E-state index contributed by atoms with van der Waals surface area (Å²) in [4.78, 5) is 23.5. The topological polar surface area (TPSA) is 61.8 Å². The van der Waals surface area contributed by atoms with Gasteiger partial charge in [-0.1, -0.05) is 12.2 Å². The highest BCUT2D eigenvalue weighted by molar-refractivity contribution is 5.88. The van der Waals surface area contributed by atoms with Crippen LogP contribution in [0.3, 0.4) is 0 Å². The fourth-order valence-corrected chi connectivity index (χ4v) is 2.49. The highest BCUT2D eigenvalue weighted by Crippen LogP contribution is 2.49. The van der Waals surface area contributed by atoms with Crippen molar-refractivity contribution in [3.8, 4) is 0 Å². The van der Waals surface area contributed by atoms with Crippen LogP contribution in [0.25, 0.3) is 0 Å². The summed E-state index contributed by atoms with van der Waals surface area (Å²) in [6.45, 7) is 1.68. The lowest BCUT2D eigenvalue weighted by Crippen LogP contribution is -2.47. The van der Waals surface area contributed by atoms with E-state index in [-0.39, 0.29) is 6.10 Å². The van der Waals surface area contributed by atoms with Crippen molar-refractivity contribution in [2.45, 2.75) is 19.1 Å². The van der Waals surface area contributed by atoms with Crippen LogP contribution in [0.5, 0.6) is 0 Å². The molecule has 4 atom stereocenters. The standard InChI is InChI=1S/C11H14O5/c1-11(10(13)15-3)7-5-4-6(16-7)8(11)9(12)14-2/h4-8H,1-3H3. The molecule has 4 unspecified atom stereocenters. The summed E-state index contributed by atoms with van der Waals surface area (Å²) < 4.78 is 15.0. The monoisotopic (exact) mass is 226 g/mol. The molecule has 0 spiro atoms. The first-order chi connectivity index (χ1) is 7.55. The molecule has 88 valence electrons. The summed E-state index contributed by atoms with van der Waals surface area (Å²) in [5.74, 6) is -1.51. The Morgan fingerprint density at radius 2 is 1.94 bits per heavy atom. The van der Waals surface area contributed by atoms with Crippen molar-refractivity contribution >= 4 is 11.9 Å². The van der Waals surface area contributed by atoms with Crippen molar-refractivity contribution in [1.29, 1.82) is 0 Å². The van der Waals surface area contributed by atoms with Gasteiger partial charge >= 0.3 is 11.9 Å². The Morgan fingerprint density at radius 3 is 2.50 bits per heavy atom. The van der Waals surface area contributed by atoms with Crippen LogP contribution >= 0.6 is 0 Å². The minimum Gasteiger partial charge on any atom is -0.469 e. The Balaban J connectivity index is 2.38. The largest absolute Gasteiger partial charge is 0.469 e. The molecule has 2 aliphatic heterocycles. The summed E-state index contributed by atoms with van der Waals surface area (Å²) in [7, 11) is 2.60. The third kappa shape index (κ3) is 1.21. The highest BCUT2D eigenvalue weighted by Gasteiger charge is 2.63. The number of methoxy groups -OCH3 is 2. The number of esters is 2. The Hall–Kier alpha value is -1.36. The number of hydrogen-bond acceptors (Lipinski definition) is 5. The lowest BCUT2D eigenvalue weighted by molar-refractivity contribution is -0.164. The van der Waals surface area contributed by atoms with Crippen molar-refractivity contribution in [2.24, 2.45) is 11.3 Å². The van der Waals surface area contributed by atoms with Crippen LogP contribution in [-0.4, -0.2) is 38.4 Å². The third-order valence-corrected chi connectivity index (χ3v) is 3.43. The molecule has 0 aliphatic carbocycles. The van der Waals surface area contributed by atoms with Gasteiger partial charge in [-0.05, 0) is 6.92 Å². The second kappa shape index (κ2) is 3.59. The van der Waals surface area contributed by atoms with E-state index in [2.05, 4.69) is 0 Å². The lowest BCUT2D eigenvalue weighted by atomic mass is 9.70. The van der Waals surface area contributed by atoms with E-state index in [1.165, 1.54) is 14.2 Å². The van der Waals surface area contributed by atoms with Crippen molar-refractivity contribution in [3.63, 3.8) is 0 Å². The molecule has 2 aliphatic rings. The van der Waals surface area contributed by atoms with Crippen LogP contribution in [0.15, 0.2) is 12.2 Å². The van der Waals surface area contributed by atoms with Gasteiger partial charge in [-0.3, -0.25) is 9.59 Å². The number of carbonyl (C=O) groups is 2. The highest BCUT2D eigenvalue weighted by atomic mass is 16.6. The zero-order chi connectivity index (χ0) is 11.9. The first-order valence-corrected chi connectivity index (χ1v) is 5.05. The maximum atomic E-state index is 11.8. The molecule has 0 aromatic carbocycles. The second-order valence-electron chi connectivity index (χ2n) is 4.18. The molecule has 0 saturated carbocycles. The maximum Gasteiger partial charge on any atom is 0.315 e. The Labute approximate surface area is 93.4 Å². The Morgan fingerprint density at radius 1 is 1.25 bits per heavy atom. The summed E-state index contributed by atoms with van der Waals surface area (Å²) in [5.41, 5.74) is -0.985. The van der Waals surface area contributed by atoms with Crippen molar-refractivity contribution < 1.29 is 23.8 Å². The summed E-state index contributed by atoms with van der Waals surface area (Å²) in [6.07, 6.45) is 2.79. The smallest absolute Gasteiger partial charge is 0.315 e. The second-order valence-corrected chi connectivity index (χ2v) is 4.18. The van der Waals surface area contributed by atoms with Crippen LogP contribution in [0.2, 0.25) is 0 Å². The quantitative estimate of drug-likeness (QED) is 0.500. The van der Waals surface area contributed by atoms with E-state index < -0.39 is 29.4 Å². The predicted octanol–water partition coefficient (Wildman–Crippen LogP) is 0.292. The van der Waals surface area contributed by atoms with Gasteiger partial charge < -0.3 is 14.2 Å². The van der Waals surface area contributed by atoms with Crippen LogP contribution in [0.1, 0.15) is 6.92 Å². The van der Waals surface area contributed by atoms with Crippen molar-refractivity contribution in [3.05, 3.63) is 12.2 Å². The molecule has 16 heavy (non-hydrogen) atoms. The number of rotatable bonds is 2. The average molecular weight is 226 g/mol. The molecule has 0 radical (unpaired) electrons. The molecule has 0 amide bonds. The summed E-state index contributed by atoms with van der Waals surface area (Å²) in [6, 6.07) is 0. The molecule has 2 bridgehead atoms. The van der Waals surface area contributed by atoms with Crippen molar-refractivity contribution in [1.82, 2.24) is 0 Å². The maximum absolute atomic E-state index is 11.8. The molecule has 1 fully saturated rings. The van der Waals surface area contributed by atoms with Gasteiger partial charge in [-0.15, -0.1) is 0 Å². The Kier molecular flexibility index (Phi) is 2.50. The normalized spacial score (nSPS) is 39.8. The van der Waals surface area contributed by atoms with Gasteiger partial charge in [-0.25, -0.2) is 0 Å². The number of carbonyl (C=O) groups excluding carboxylic acids is 2. The number of ether oxygens (including phenoxy) is 3. The SMILES string of the molecule is COC(=O)C1C2C=CC(O2)C1(C)C(=O)OC. The average Bonchev–Trinajstić information content (AvgIpc) is 2.86. The lowest BCUT2D eigenvalue weighted by Gasteiger charge is -2.31. The van der Waals surface area contributed by atoms with E-state index in [4.69, 9.17) is 14.2 Å². The van der Waals surface area contributed by atoms with Crippen LogP contribution in [0.4, 0.5) is 0 Å². The van der Waals surface area contributed by atoms with Gasteiger partial charge in [0, 0.05) is 0 Å². The zero-order valence-electron chi connectivity index (χ0n) is 9.43. The number of fused-ring (bicyclic) bond motifs is 2. The summed E-state index contributed by atoms with van der Waals surface area (Å²) in [5, 5.41) is 0. The first kappa shape index (κ1) is 11.1. The molecule has 1 saturated heterocycles. The number of hydrogen-bond donors (Lipinski definition) is 0. The van der Waals surface area contributed by atoms with Crippen LogP contribution in [-0.2, 0) is 23.8 Å². The van der Waals surface area contributed by atoms with Gasteiger partial charge in [0.25, 0.3) is 0 Å². The molecule has 0 aromatic heterocycles. The molecular formula is C11H14O5. The molecular weight excluding hydrogens is 212 g/mol. The zero-order valence-corrected chi connectivity index (χ0v) is 9.43. The van der Waals surface area contributed by atoms with E-state index in [1.807, 2.05) is 0 Å². The van der Waals surface area contributed by atoms with E-state index in [1.54, 1.807) is 19.1 Å². The van der Waals surface area contributed by atoms with Crippen LogP contribution in [0, 0.1) is 11.3 Å². The fraction of sp³-hybridized carbons (Fsp3) is 0.636. The molecule has 0 N–H and O–H groups in total. The van der Waals surface area contributed by atoms with E-state index in [0.717, 1.165) is 0 Å². The molecule has 0 aromatic rings. The van der Waals surface area contributed by atoms with E-state index in [9.17, 15) is 9.59 Å². The van der Waals surface area contributed by atoms with Gasteiger partial charge in [-0.2, -0.15) is 0 Å². The van der Waals surface area contributed by atoms with Gasteiger partial charge in [0.1, 0.15) is 11.3 Å². The predicted molar refractivity (Wildman–Crippen MR) is 53.4 cm³/mol. The molecule has 2 rings (SSSR count). The molecule has 5 heteroatoms. The van der Waals surface area contributed by atoms with Gasteiger partial charge in [0.15, 0.2) is 0 Å². The Bertz CT molecular complexity index is 361. The van der Waals surface area contributed by atoms with Gasteiger partial charge in [0.2, 0.25) is 0 Å². The minimum absolute atomic E-state index is 0.387.